The molecule has 1 fully saturated rings. The smallest absolute Gasteiger partial charge is 0.336 e. The van der Waals surface area contributed by atoms with Crippen molar-refractivity contribution in [3.05, 3.63) is 86.4 Å². The summed E-state index contributed by atoms with van der Waals surface area (Å²) in [6.07, 6.45) is 1.39. The second-order valence-electron chi connectivity index (χ2n) is 8.08. The maximum absolute atomic E-state index is 13.4. The quantitative estimate of drug-likeness (QED) is 0.284. The van der Waals surface area contributed by atoms with Crippen molar-refractivity contribution in [3.8, 4) is 17.2 Å². The maximum atomic E-state index is 13.4. The summed E-state index contributed by atoms with van der Waals surface area (Å²) < 4.78 is 17.1. The van der Waals surface area contributed by atoms with Gasteiger partial charge in [0.05, 0.1) is 29.4 Å². The molecule has 0 aliphatic carbocycles. The Labute approximate surface area is 226 Å². The van der Waals surface area contributed by atoms with Gasteiger partial charge in [-0.15, -0.1) is 0 Å². The minimum absolute atomic E-state index is 0.0747. The Morgan fingerprint density at radius 2 is 1.73 bits per heavy atom. The van der Waals surface area contributed by atoms with Gasteiger partial charge >= 0.3 is 6.03 Å². The molecule has 0 bridgehead atoms. The number of urea groups is 1. The molecule has 0 saturated carbocycles. The molecule has 4 rings (SSSR count). The van der Waals surface area contributed by atoms with Crippen LogP contribution < -0.4 is 24.4 Å². The number of anilines is 1. The first kappa shape index (κ1) is 26.2. The molecule has 3 aromatic carbocycles. The molecular weight excluding hydrogens is 564 g/mol. The SMILES string of the molecule is COc1cc(N2C(=O)NC(=O)/C(=C\c3ccc(OCc4cccc(C)c4)c(Br)c3)C2=O)c(OC)cc1Cl. The molecule has 190 valence electrons. The highest BCUT2D eigenvalue weighted by Crippen LogP contribution is 2.39. The molecule has 10 heteroatoms. The monoisotopic (exact) mass is 584 g/mol. The molecule has 1 aliphatic rings. The number of benzene rings is 3. The Hall–Kier alpha value is -3.82. The van der Waals surface area contributed by atoms with Crippen LogP contribution in [0.4, 0.5) is 10.5 Å². The van der Waals surface area contributed by atoms with E-state index in [4.69, 9.17) is 25.8 Å². The lowest BCUT2D eigenvalue weighted by Crippen LogP contribution is -2.54. The van der Waals surface area contributed by atoms with E-state index < -0.39 is 17.8 Å². The van der Waals surface area contributed by atoms with E-state index in [1.807, 2.05) is 31.2 Å². The number of rotatable bonds is 7. The highest BCUT2D eigenvalue weighted by Gasteiger charge is 2.38. The van der Waals surface area contributed by atoms with Crippen LogP contribution in [0.3, 0.4) is 0 Å². The summed E-state index contributed by atoms with van der Waals surface area (Å²) in [4.78, 5) is 39.4. The van der Waals surface area contributed by atoms with E-state index in [9.17, 15) is 14.4 Å². The van der Waals surface area contributed by atoms with Crippen molar-refractivity contribution in [2.75, 3.05) is 19.1 Å². The van der Waals surface area contributed by atoms with Crippen LogP contribution in [-0.4, -0.2) is 32.1 Å². The summed E-state index contributed by atoms with van der Waals surface area (Å²) in [5, 5.41) is 2.43. The fourth-order valence-corrected chi connectivity index (χ4v) is 4.49. The Morgan fingerprint density at radius 3 is 2.41 bits per heavy atom. The number of hydrogen-bond donors (Lipinski definition) is 1. The average Bonchev–Trinajstić information content (AvgIpc) is 2.86. The van der Waals surface area contributed by atoms with E-state index in [2.05, 4.69) is 21.2 Å². The number of amides is 4. The number of barbiturate groups is 1. The number of carbonyl (C=O) groups is 3. The topological polar surface area (TPSA) is 94.2 Å². The van der Waals surface area contributed by atoms with Crippen molar-refractivity contribution in [3.63, 3.8) is 0 Å². The van der Waals surface area contributed by atoms with E-state index >= 15 is 0 Å². The number of imide groups is 2. The molecule has 1 aliphatic heterocycles. The lowest BCUT2D eigenvalue weighted by atomic mass is 10.1. The summed E-state index contributed by atoms with van der Waals surface area (Å²) in [6.45, 7) is 2.39. The fraction of sp³-hybridized carbons (Fsp3) is 0.148. The number of carbonyl (C=O) groups excluding carboxylic acids is 3. The number of aryl methyl sites for hydroxylation is 1. The van der Waals surface area contributed by atoms with Crippen LogP contribution in [0.1, 0.15) is 16.7 Å². The Balaban J connectivity index is 1.62. The zero-order valence-electron chi connectivity index (χ0n) is 20.1. The van der Waals surface area contributed by atoms with Gasteiger partial charge in [-0.1, -0.05) is 47.5 Å². The van der Waals surface area contributed by atoms with Crippen LogP contribution >= 0.6 is 27.5 Å². The summed E-state index contributed by atoms with van der Waals surface area (Å²) in [5.41, 5.74) is 2.55. The lowest BCUT2D eigenvalue weighted by Gasteiger charge is -2.28. The van der Waals surface area contributed by atoms with E-state index in [0.29, 0.717) is 22.4 Å². The number of methoxy groups -OCH3 is 2. The van der Waals surface area contributed by atoms with Gasteiger partial charge in [0.15, 0.2) is 0 Å². The zero-order valence-corrected chi connectivity index (χ0v) is 22.5. The minimum Gasteiger partial charge on any atom is -0.495 e. The normalized spacial score (nSPS) is 14.6. The molecule has 0 radical (unpaired) electrons. The molecule has 0 aromatic heterocycles. The highest BCUT2D eigenvalue weighted by molar-refractivity contribution is 9.10. The number of halogens is 2. The third-order valence-corrected chi connectivity index (χ3v) is 6.45. The first-order chi connectivity index (χ1) is 17.7. The molecule has 37 heavy (non-hydrogen) atoms. The van der Waals surface area contributed by atoms with Gasteiger partial charge in [0, 0.05) is 12.1 Å². The van der Waals surface area contributed by atoms with E-state index in [1.165, 1.54) is 32.4 Å². The second kappa shape index (κ2) is 11.1. The van der Waals surface area contributed by atoms with Crippen molar-refractivity contribution in [2.24, 2.45) is 0 Å². The Morgan fingerprint density at radius 1 is 0.973 bits per heavy atom. The predicted molar refractivity (Wildman–Crippen MR) is 143 cm³/mol. The van der Waals surface area contributed by atoms with Gasteiger partial charge in [0.2, 0.25) is 0 Å². The molecular formula is C27H22BrClN2O6. The number of hydrogen-bond acceptors (Lipinski definition) is 6. The molecule has 0 atom stereocenters. The van der Waals surface area contributed by atoms with Gasteiger partial charge in [-0.05, 0) is 52.2 Å². The van der Waals surface area contributed by atoms with Crippen LogP contribution in [-0.2, 0) is 16.2 Å². The van der Waals surface area contributed by atoms with Gasteiger partial charge in [0.1, 0.15) is 29.4 Å². The molecule has 1 N–H and O–H groups in total. The second-order valence-corrected chi connectivity index (χ2v) is 9.35. The van der Waals surface area contributed by atoms with Gasteiger partial charge in [-0.3, -0.25) is 14.9 Å². The third kappa shape index (κ3) is 5.63. The van der Waals surface area contributed by atoms with E-state index in [-0.39, 0.29) is 27.8 Å². The van der Waals surface area contributed by atoms with Gasteiger partial charge < -0.3 is 14.2 Å². The largest absolute Gasteiger partial charge is 0.495 e. The van der Waals surface area contributed by atoms with Crippen molar-refractivity contribution in [1.29, 1.82) is 0 Å². The first-order valence-electron chi connectivity index (χ1n) is 11.0. The predicted octanol–water partition coefficient (Wildman–Crippen LogP) is 5.67. The lowest BCUT2D eigenvalue weighted by molar-refractivity contribution is -0.122. The number of ether oxygens (including phenoxy) is 3. The fourth-order valence-electron chi connectivity index (χ4n) is 3.75. The minimum atomic E-state index is -0.920. The van der Waals surface area contributed by atoms with Crippen molar-refractivity contribution in [1.82, 2.24) is 5.32 Å². The summed E-state index contributed by atoms with van der Waals surface area (Å²) in [5.74, 6) is -0.668. The van der Waals surface area contributed by atoms with Crippen LogP contribution in [0.2, 0.25) is 5.02 Å². The summed E-state index contributed by atoms with van der Waals surface area (Å²) in [6, 6.07) is 15.0. The molecule has 4 amide bonds. The molecule has 1 heterocycles. The Bertz CT molecular complexity index is 1440. The molecule has 8 nitrogen and oxygen atoms in total. The van der Waals surface area contributed by atoms with Crippen LogP contribution in [0.5, 0.6) is 17.2 Å². The van der Waals surface area contributed by atoms with E-state index in [0.717, 1.165) is 16.0 Å². The van der Waals surface area contributed by atoms with Crippen LogP contribution in [0, 0.1) is 6.92 Å². The summed E-state index contributed by atoms with van der Waals surface area (Å²) >= 11 is 9.64. The average molecular weight is 586 g/mol. The standard InChI is InChI=1S/C27H22BrClN2O6/c1-15-5-4-6-17(9-15)14-37-22-8-7-16(11-19(22)28)10-18-25(32)30-27(34)31(26(18)33)21-13-23(35-2)20(29)12-24(21)36-3/h4-13H,14H2,1-3H3,(H,30,32,34)/b18-10+. The van der Waals surface area contributed by atoms with Crippen LogP contribution in [0.25, 0.3) is 6.08 Å². The van der Waals surface area contributed by atoms with Crippen molar-refractivity contribution < 1.29 is 28.6 Å². The number of nitrogens with one attached hydrogen (secondary N) is 1. The first-order valence-corrected chi connectivity index (χ1v) is 12.2. The van der Waals surface area contributed by atoms with Gasteiger partial charge in [-0.2, -0.15) is 0 Å². The van der Waals surface area contributed by atoms with Crippen molar-refractivity contribution >= 4 is 57.1 Å². The molecule has 3 aromatic rings. The molecule has 0 spiro atoms. The third-order valence-electron chi connectivity index (χ3n) is 5.54. The molecule has 0 unspecified atom stereocenters. The zero-order chi connectivity index (χ0) is 26.7. The van der Waals surface area contributed by atoms with E-state index in [1.54, 1.807) is 18.2 Å². The molecule has 1 saturated heterocycles. The van der Waals surface area contributed by atoms with Crippen molar-refractivity contribution in [2.45, 2.75) is 13.5 Å². The summed E-state index contributed by atoms with van der Waals surface area (Å²) in [7, 11) is 2.77. The van der Waals surface area contributed by atoms with Crippen LogP contribution in [0.15, 0.2) is 64.6 Å². The Kier molecular flexibility index (Phi) is 7.85. The highest BCUT2D eigenvalue weighted by atomic mass is 79.9. The number of nitrogens with zero attached hydrogens (tertiary/aromatic N) is 1. The maximum Gasteiger partial charge on any atom is 0.336 e. The van der Waals surface area contributed by atoms with Gasteiger partial charge in [0.25, 0.3) is 11.8 Å². The van der Waals surface area contributed by atoms with Gasteiger partial charge in [-0.25, -0.2) is 9.69 Å².